The van der Waals surface area contributed by atoms with E-state index >= 15 is 0 Å². The Morgan fingerprint density at radius 1 is 1.12 bits per heavy atom. The van der Waals surface area contributed by atoms with Crippen LogP contribution in [-0.2, 0) is 4.79 Å². The van der Waals surface area contributed by atoms with Gasteiger partial charge in [-0.2, -0.15) is 0 Å². The van der Waals surface area contributed by atoms with Gasteiger partial charge in [-0.1, -0.05) is 0 Å². The maximum atomic E-state index is 11.9. The number of nitrogens with two attached hydrogens (primary N) is 1. The molecule has 0 heterocycles. The Morgan fingerprint density at radius 3 is 2.12 bits per heavy atom. The summed E-state index contributed by atoms with van der Waals surface area (Å²) in [5, 5.41) is 3.23. The summed E-state index contributed by atoms with van der Waals surface area (Å²) in [6.45, 7) is 1.81. The number of hydrazine groups is 1. The Balaban J connectivity index is 1.66. The van der Waals surface area contributed by atoms with Gasteiger partial charge in [0.15, 0.2) is 0 Å². The van der Waals surface area contributed by atoms with Gasteiger partial charge in [0.05, 0.1) is 6.04 Å². The first-order valence-electron chi connectivity index (χ1n) is 6.94. The summed E-state index contributed by atoms with van der Waals surface area (Å²) in [6, 6.07) is 0.137. The van der Waals surface area contributed by atoms with E-state index in [0.717, 1.165) is 23.7 Å². The lowest BCUT2D eigenvalue weighted by molar-refractivity contribution is -0.126. The standard InChI is InChI=1S/C13H23N3O/c1-7(16-14)13(17)15-12-10-3-8-2-9(5-10)6-11(12)4-8/h7-12,16H,2-6,14H2,1H3,(H,15,17). The summed E-state index contributed by atoms with van der Waals surface area (Å²) < 4.78 is 0. The molecule has 1 atom stereocenters. The largest absolute Gasteiger partial charge is 0.351 e. The highest BCUT2D eigenvalue weighted by Crippen LogP contribution is 2.53. The van der Waals surface area contributed by atoms with Crippen molar-refractivity contribution in [2.24, 2.45) is 29.5 Å². The zero-order chi connectivity index (χ0) is 12.0. The predicted molar refractivity (Wildman–Crippen MR) is 65.8 cm³/mol. The monoisotopic (exact) mass is 237 g/mol. The predicted octanol–water partition coefficient (Wildman–Crippen LogP) is 0.779. The molecule has 4 heteroatoms. The first-order valence-corrected chi connectivity index (χ1v) is 6.94. The summed E-state index contributed by atoms with van der Waals surface area (Å²) >= 11 is 0. The second-order valence-corrected chi connectivity index (χ2v) is 6.35. The molecule has 0 aromatic carbocycles. The SMILES string of the molecule is CC(NN)C(=O)NC1C2CC3CC(C2)CC1C3. The van der Waals surface area contributed by atoms with Crippen molar-refractivity contribution in [1.82, 2.24) is 10.7 Å². The average molecular weight is 237 g/mol. The maximum absolute atomic E-state index is 11.9. The number of amides is 1. The van der Waals surface area contributed by atoms with Gasteiger partial charge in [0.1, 0.15) is 0 Å². The fourth-order valence-electron chi connectivity index (χ4n) is 4.53. The van der Waals surface area contributed by atoms with E-state index in [1.807, 2.05) is 6.92 Å². The zero-order valence-corrected chi connectivity index (χ0v) is 10.5. The third kappa shape index (κ3) is 1.97. The minimum atomic E-state index is -0.285. The molecule has 96 valence electrons. The van der Waals surface area contributed by atoms with E-state index < -0.39 is 0 Å². The van der Waals surface area contributed by atoms with Crippen LogP contribution >= 0.6 is 0 Å². The number of hydrogen-bond donors (Lipinski definition) is 3. The molecule has 4 bridgehead atoms. The quantitative estimate of drug-likeness (QED) is 0.502. The number of nitrogens with one attached hydrogen (secondary N) is 2. The van der Waals surface area contributed by atoms with Crippen molar-refractivity contribution >= 4 is 5.91 Å². The highest BCUT2D eigenvalue weighted by Gasteiger charge is 2.48. The van der Waals surface area contributed by atoms with E-state index in [1.54, 1.807) is 0 Å². The number of rotatable bonds is 3. The van der Waals surface area contributed by atoms with Crippen LogP contribution in [0.15, 0.2) is 0 Å². The highest BCUT2D eigenvalue weighted by molar-refractivity contribution is 5.81. The topological polar surface area (TPSA) is 67.1 Å². The van der Waals surface area contributed by atoms with Gasteiger partial charge in [-0.05, 0) is 62.7 Å². The van der Waals surface area contributed by atoms with Crippen molar-refractivity contribution in [1.29, 1.82) is 0 Å². The van der Waals surface area contributed by atoms with Crippen LogP contribution in [0.5, 0.6) is 0 Å². The van der Waals surface area contributed by atoms with Crippen LogP contribution in [-0.4, -0.2) is 18.0 Å². The third-order valence-corrected chi connectivity index (χ3v) is 5.18. The molecular weight excluding hydrogens is 214 g/mol. The molecule has 0 radical (unpaired) electrons. The molecule has 4 nitrogen and oxygen atoms in total. The fourth-order valence-corrected chi connectivity index (χ4v) is 4.53. The van der Waals surface area contributed by atoms with Crippen LogP contribution < -0.4 is 16.6 Å². The normalized spacial score (nSPS) is 44.7. The van der Waals surface area contributed by atoms with Crippen molar-refractivity contribution in [3.63, 3.8) is 0 Å². The molecule has 0 aliphatic heterocycles. The second-order valence-electron chi connectivity index (χ2n) is 6.35. The van der Waals surface area contributed by atoms with E-state index in [0.29, 0.717) is 6.04 Å². The van der Waals surface area contributed by atoms with Gasteiger partial charge in [0.25, 0.3) is 0 Å². The summed E-state index contributed by atoms with van der Waals surface area (Å²) in [5.74, 6) is 8.75. The van der Waals surface area contributed by atoms with Crippen LogP contribution in [0.25, 0.3) is 0 Å². The zero-order valence-electron chi connectivity index (χ0n) is 10.5. The van der Waals surface area contributed by atoms with Crippen molar-refractivity contribution in [2.45, 2.75) is 51.1 Å². The molecule has 4 aliphatic carbocycles. The van der Waals surface area contributed by atoms with E-state index in [-0.39, 0.29) is 11.9 Å². The Morgan fingerprint density at radius 2 is 1.65 bits per heavy atom. The van der Waals surface area contributed by atoms with Crippen molar-refractivity contribution in [3.05, 3.63) is 0 Å². The molecule has 1 amide bonds. The Bertz CT molecular complexity index is 290. The fraction of sp³-hybridized carbons (Fsp3) is 0.923. The molecule has 0 saturated heterocycles. The summed E-state index contributed by atoms with van der Waals surface area (Å²) in [6.07, 6.45) is 6.80. The molecule has 0 aromatic rings. The van der Waals surface area contributed by atoms with Gasteiger partial charge in [-0.25, -0.2) is 5.43 Å². The number of hydrogen-bond acceptors (Lipinski definition) is 3. The van der Waals surface area contributed by atoms with Gasteiger partial charge >= 0.3 is 0 Å². The molecule has 0 spiro atoms. The van der Waals surface area contributed by atoms with Crippen LogP contribution in [0.4, 0.5) is 0 Å². The Hall–Kier alpha value is -0.610. The second kappa shape index (κ2) is 4.25. The Labute approximate surface area is 103 Å². The van der Waals surface area contributed by atoms with Gasteiger partial charge in [-0.15, -0.1) is 0 Å². The van der Waals surface area contributed by atoms with Crippen molar-refractivity contribution < 1.29 is 4.79 Å². The summed E-state index contributed by atoms with van der Waals surface area (Å²) in [5.41, 5.74) is 2.53. The molecule has 4 rings (SSSR count). The molecule has 0 aromatic heterocycles. The lowest BCUT2D eigenvalue weighted by Crippen LogP contribution is -2.58. The maximum Gasteiger partial charge on any atom is 0.238 e. The Kier molecular flexibility index (Phi) is 2.87. The molecule has 4 saturated carbocycles. The van der Waals surface area contributed by atoms with Crippen LogP contribution in [0.1, 0.15) is 39.0 Å². The molecule has 17 heavy (non-hydrogen) atoms. The molecular formula is C13H23N3O. The van der Waals surface area contributed by atoms with E-state index in [1.165, 1.54) is 32.1 Å². The van der Waals surface area contributed by atoms with Gasteiger partial charge in [0.2, 0.25) is 5.91 Å². The molecule has 4 N–H and O–H groups in total. The molecule has 1 unspecified atom stereocenters. The van der Waals surface area contributed by atoms with E-state index in [9.17, 15) is 4.79 Å². The van der Waals surface area contributed by atoms with Gasteiger partial charge in [0, 0.05) is 6.04 Å². The van der Waals surface area contributed by atoms with E-state index in [2.05, 4.69) is 10.7 Å². The van der Waals surface area contributed by atoms with Crippen LogP contribution in [0.2, 0.25) is 0 Å². The first kappa shape index (κ1) is 11.5. The van der Waals surface area contributed by atoms with Crippen molar-refractivity contribution in [3.8, 4) is 0 Å². The third-order valence-electron chi connectivity index (χ3n) is 5.18. The van der Waals surface area contributed by atoms with Gasteiger partial charge in [-0.3, -0.25) is 10.6 Å². The smallest absolute Gasteiger partial charge is 0.238 e. The summed E-state index contributed by atoms with van der Waals surface area (Å²) in [7, 11) is 0. The van der Waals surface area contributed by atoms with Crippen LogP contribution in [0, 0.1) is 23.7 Å². The summed E-state index contributed by atoms with van der Waals surface area (Å²) in [4.78, 5) is 11.9. The first-order chi connectivity index (χ1) is 8.17. The average Bonchev–Trinajstić information content (AvgIpc) is 2.31. The number of carbonyl (C=O) groups excluding carboxylic acids is 1. The van der Waals surface area contributed by atoms with E-state index in [4.69, 9.17) is 5.84 Å². The number of carbonyl (C=O) groups is 1. The van der Waals surface area contributed by atoms with Crippen molar-refractivity contribution in [2.75, 3.05) is 0 Å². The minimum absolute atomic E-state index is 0.0602. The molecule has 4 aliphatic rings. The highest BCUT2D eigenvalue weighted by atomic mass is 16.2. The molecule has 4 fully saturated rings. The van der Waals surface area contributed by atoms with Gasteiger partial charge < -0.3 is 5.32 Å². The van der Waals surface area contributed by atoms with Crippen LogP contribution in [0.3, 0.4) is 0 Å². The lowest BCUT2D eigenvalue weighted by atomic mass is 9.54. The minimum Gasteiger partial charge on any atom is -0.351 e. The lowest BCUT2D eigenvalue weighted by Gasteiger charge is -2.54.